The first-order valence-corrected chi connectivity index (χ1v) is 3.83. The number of aromatic nitrogens is 2. The van der Waals surface area contributed by atoms with Crippen LogP contribution in [-0.4, -0.2) is 15.4 Å². The first kappa shape index (κ1) is 7.79. The van der Waals surface area contributed by atoms with Crippen molar-refractivity contribution in [3.05, 3.63) is 35.8 Å². The predicted molar refractivity (Wildman–Crippen MR) is 44.9 cm³/mol. The molecule has 0 atom stereocenters. The predicted octanol–water partition coefficient (Wildman–Crippen LogP) is 1.21. The fraction of sp³-hybridized carbons (Fsp3) is 0.111. The molecule has 0 aromatic carbocycles. The number of fused-ring (bicyclic) bond motifs is 1. The third-order valence-electron chi connectivity index (χ3n) is 1.86. The summed E-state index contributed by atoms with van der Waals surface area (Å²) in [7, 11) is 0. The molecule has 0 bridgehead atoms. The van der Waals surface area contributed by atoms with Crippen molar-refractivity contribution in [2.45, 2.75) is 6.92 Å². The number of aryl methyl sites for hydroxylation is 1. The lowest BCUT2D eigenvalue weighted by atomic mass is 10.2. The molecule has 0 aliphatic rings. The van der Waals surface area contributed by atoms with E-state index < -0.39 is 5.97 Å². The summed E-state index contributed by atoms with van der Waals surface area (Å²) in [4.78, 5) is 14.7. The third kappa shape index (κ3) is 1.16. The standard InChI is InChI=1S/C9H7N2O2/c1-6-4-7(9(12)13)11-3-2-10-8(11)5-6/h2-5H,1H3. The quantitative estimate of drug-likeness (QED) is 0.654. The summed E-state index contributed by atoms with van der Waals surface area (Å²) in [6.07, 6.45) is 3.15. The summed E-state index contributed by atoms with van der Waals surface area (Å²) < 4.78 is 1.49. The molecule has 0 saturated carbocycles. The molecule has 2 rings (SSSR count). The van der Waals surface area contributed by atoms with E-state index in [-0.39, 0.29) is 5.69 Å². The van der Waals surface area contributed by atoms with Gasteiger partial charge >= 0.3 is 5.97 Å². The van der Waals surface area contributed by atoms with E-state index in [1.807, 2.05) is 13.0 Å². The molecule has 65 valence electrons. The Bertz CT molecular complexity index is 473. The topological polar surface area (TPSA) is 54.3 Å². The highest BCUT2D eigenvalue weighted by Gasteiger charge is 2.10. The molecule has 0 unspecified atom stereocenters. The van der Waals surface area contributed by atoms with E-state index in [1.54, 1.807) is 18.5 Å². The van der Waals surface area contributed by atoms with Gasteiger partial charge in [-0.25, -0.2) is 14.9 Å². The van der Waals surface area contributed by atoms with Gasteiger partial charge in [0, 0.05) is 12.4 Å². The molecule has 0 amide bonds. The Morgan fingerprint density at radius 1 is 1.46 bits per heavy atom. The maximum absolute atomic E-state index is 10.7. The molecular formula is C9H7N2O2. The lowest BCUT2D eigenvalue weighted by Gasteiger charge is -2.00. The fourth-order valence-corrected chi connectivity index (χ4v) is 1.31. The zero-order chi connectivity index (χ0) is 9.42. The number of hydrogen-bond donors (Lipinski definition) is 0. The zero-order valence-corrected chi connectivity index (χ0v) is 7.02. The molecule has 13 heavy (non-hydrogen) atoms. The van der Waals surface area contributed by atoms with Crippen LogP contribution in [0.5, 0.6) is 0 Å². The van der Waals surface area contributed by atoms with Crippen LogP contribution in [0.1, 0.15) is 16.1 Å². The van der Waals surface area contributed by atoms with Crippen LogP contribution in [0, 0.1) is 6.92 Å². The van der Waals surface area contributed by atoms with E-state index in [0.29, 0.717) is 5.65 Å². The van der Waals surface area contributed by atoms with E-state index in [9.17, 15) is 9.90 Å². The molecule has 0 N–H and O–H groups in total. The minimum atomic E-state index is -1.19. The Balaban J connectivity index is 2.84. The largest absolute Gasteiger partial charge is 0.402 e. The first-order valence-electron chi connectivity index (χ1n) is 3.83. The average molecular weight is 175 g/mol. The molecule has 4 nitrogen and oxygen atoms in total. The average Bonchev–Trinajstić information content (AvgIpc) is 2.49. The van der Waals surface area contributed by atoms with Crippen molar-refractivity contribution >= 4 is 11.6 Å². The van der Waals surface area contributed by atoms with Crippen molar-refractivity contribution in [3.63, 3.8) is 0 Å². The maximum Gasteiger partial charge on any atom is 0.402 e. The van der Waals surface area contributed by atoms with Gasteiger partial charge in [-0.05, 0) is 24.6 Å². The summed E-state index contributed by atoms with van der Waals surface area (Å²) >= 11 is 0. The van der Waals surface area contributed by atoms with Crippen molar-refractivity contribution in [1.82, 2.24) is 9.38 Å². The van der Waals surface area contributed by atoms with Gasteiger partial charge in [-0.2, -0.15) is 0 Å². The fourth-order valence-electron chi connectivity index (χ4n) is 1.31. The molecule has 0 aliphatic carbocycles. The van der Waals surface area contributed by atoms with Crippen LogP contribution in [0.4, 0.5) is 0 Å². The van der Waals surface area contributed by atoms with Crippen LogP contribution in [0.3, 0.4) is 0 Å². The normalized spacial score (nSPS) is 10.5. The van der Waals surface area contributed by atoms with Crippen LogP contribution in [0.25, 0.3) is 5.65 Å². The molecule has 1 radical (unpaired) electrons. The van der Waals surface area contributed by atoms with E-state index in [1.165, 1.54) is 4.40 Å². The molecule has 2 heterocycles. The minimum absolute atomic E-state index is 0.132. The van der Waals surface area contributed by atoms with E-state index >= 15 is 0 Å². The van der Waals surface area contributed by atoms with Crippen LogP contribution in [-0.2, 0) is 5.11 Å². The molecule has 2 aromatic heterocycles. The minimum Gasteiger partial charge on any atom is -0.294 e. The maximum atomic E-state index is 10.7. The van der Waals surface area contributed by atoms with Gasteiger partial charge in [0.05, 0.1) is 0 Å². The lowest BCUT2D eigenvalue weighted by molar-refractivity contribution is 0.0564. The Morgan fingerprint density at radius 2 is 2.23 bits per heavy atom. The Labute approximate surface area is 74.5 Å². The van der Waals surface area contributed by atoms with Gasteiger partial charge in [0.15, 0.2) is 0 Å². The van der Waals surface area contributed by atoms with E-state index in [0.717, 1.165) is 5.56 Å². The third-order valence-corrected chi connectivity index (χ3v) is 1.86. The molecule has 2 aromatic rings. The molecule has 0 spiro atoms. The molecule has 4 heteroatoms. The number of rotatable bonds is 1. The smallest absolute Gasteiger partial charge is 0.294 e. The second kappa shape index (κ2) is 2.58. The number of pyridine rings is 1. The van der Waals surface area contributed by atoms with Gasteiger partial charge < -0.3 is 0 Å². The Morgan fingerprint density at radius 3 is 2.92 bits per heavy atom. The van der Waals surface area contributed by atoms with Crippen LogP contribution < -0.4 is 0 Å². The second-order valence-corrected chi connectivity index (χ2v) is 2.86. The highest BCUT2D eigenvalue weighted by atomic mass is 16.4. The lowest BCUT2D eigenvalue weighted by Crippen LogP contribution is -2.03. The summed E-state index contributed by atoms with van der Waals surface area (Å²) in [5.74, 6) is -1.19. The van der Waals surface area contributed by atoms with Gasteiger partial charge in [0.1, 0.15) is 11.3 Å². The first-order chi connectivity index (χ1) is 6.18. The monoisotopic (exact) mass is 175 g/mol. The molecule has 0 aliphatic heterocycles. The Hall–Kier alpha value is -1.84. The van der Waals surface area contributed by atoms with E-state index in [4.69, 9.17) is 0 Å². The van der Waals surface area contributed by atoms with Crippen molar-refractivity contribution in [3.8, 4) is 0 Å². The Kier molecular flexibility index (Phi) is 1.55. The van der Waals surface area contributed by atoms with Gasteiger partial charge in [-0.3, -0.25) is 4.40 Å². The highest BCUT2D eigenvalue weighted by Crippen LogP contribution is 2.09. The van der Waals surface area contributed by atoms with Crippen LogP contribution in [0.15, 0.2) is 24.5 Å². The highest BCUT2D eigenvalue weighted by molar-refractivity contribution is 5.86. The number of carbonyl (C=O) groups excluding carboxylic acids is 1. The number of nitrogens with zero attached hydrogens (tertiary/aromatic N) is 2. The molecular weight excluding hydrogens is 168 g/mol. The van der Waals surface area contributed by atoms with Crippen molar-refractivity contribution in [2.24, 2.45) is 0 Å². The van der Waals surface area contributed by atoms with Crippen molar-refractivity contribution in [2.75, 3.05) is 0 Å². The molecule has 0 fully saturated rings. The van der Waals surface area contributed by atoms with E-state index in [2.05, 4.69) is 4.98 Å². The molecule has 0 saturated heterocycles. The summed E-state index contributed by atoms with van der Waals surface area (Å²) in [6.45, 7) is 1.82. The summed E-state index contributed by atoms with van der Waals surface area (Å²) in [5, 5.41) is 10.7. The SMILES string of the molecule is Cc1cc(C([O])=O)n2ccnc2c1. The van der Waals surface area contributed by atoms with Crippen LogP contribution in [0.2, 0.25) is 0 Å². The number of carbonyl (C=O) groups is 1. The van der Waals surface area contributed by atoms with Crippen LogP contribution >= 0.6 is 0 Å². The summed E-state index contributed by atoms with van der Waals surface area (Å²) in [6, 6.07) is 3.37. The number of imidazole rings is 1. The van der Waals surface area contributed by atoms with Gasteiger partial charge in [-0.15, -0.1) is 0 Å². The zero-order valence-electron chi connectivity index (χ0n) is 7.02. The number of hydrogen-bond acceptors (Lipinski definition) is 2. The van der Waals surface area contributed by atoms with Gasteiger partial charge in [0.2, 0.25) is 0 Å². The van der Waals surface area contributed by atoms with Crippen molar-refractivity contribution < 1.29 is 9.90 Å². The second-order valence-electron chi connectivity index (χ2n) is 2.86. The van der Waals surface area contributed by atoms with Gasteiger partial charge in [-0.1, -0.05) is 0 Å². The summed E-state index contributed by atoms with van der Waals surface area (Å²) in [5.41, 5.74) is 1.62. The van der Waals surface area contributed by atoms with Gasteiger partial charge in [0.25, 0.3) is 0 Å². The van der Waals surface area contributed by atoms with Crippen molar-refractivity contribution in [1.29, 1.82) is 0 Å².